The quantitative estimate of drug-likeness (QED) is 0.592. The predicted molar refractivity (Wildman–Crippen MR) is 44.0 cm³/mol. The van der Waals surface area contributed by atoms with Gasteiger partial charge in [-0.1, -0.05) is 17.7 Å². The van der Waals surface area contributed by atoms with E-state index in [9.17, 15) is 9.59 Å². The average molecular weight is 193 g/mol. The summed E-state index contributed by atoms with van der Waals surface area (Å²) in [4.78, 5) is 20.6. The average Bonchev–Trinajstić information content (AvgIpc) is 2.01. The Morgan fingerprint density at radius 2 is 2.08 bits per heavy atom. The first-order chi connectivity index (χ1) is 5.66. The predicted octanol–water partition coefficient (Wildman–Crippen LogP) is 0.123. The van der Waals surface area contributed by atoms with E-state index in [1.54, 1.807) is 0 Å². The molecule has 0 rings (SSSR count). The summed E-state index contributed by atoms with van der Waals surface area (Å²) < 4.78 is 0. The second kappa shape index (κ2) is 6.48. The lowest BCUT2D eigenvalue weighted by Crippen LogP contribution is -2.38. The fourth-order valence-electron chi connectivity index (χ4n) is 0.415. The van der Waals surface area contributed by atoms with Crippen LogP contribution in [0.25, 0.3) is 0 Å². The van der Waals surface area contributed by atoms with Crippen LogP contribution in [0.3, 0.4) is 0 Å². The van der Waals surface area contributed by atoms with E-state index in [2.05, 4.69) is 10.6 Å². The van der Waals surface area contributed by atoms with Crippen molar-refractivity contribution in [2.24, 2.45) is 0 Å². The molecule has 0 aliphatic heterocycles. The number of carboxylic acids is 1. The molecule has 0 saturated heterocycles. The Kier molecular flexibility index (Phi) is 5.81. The van der Waals surface area contributed by atoms with Crippen LogP contribution in [0.15, 0.2) is 11.6 Å². The molecule has 0 unspecified atom stereocenters. The Morgan fingerprint density at radius 1 is 1.42 bits per heavy atom. The molecule has 0 saturated carbocycles. The fraction of sp³-hybridized carbons (Fsp3) is 0.333. The number of rotatable bonds is 4. The van der Waals surface area contributed by atoms with Crippen molar-refractivity contribution in [3.8, 4) is 0 Å². The van der Waals surface area contributed by atoms with Crippen LogP contribution in [0, 0.1) is 0 Å². The minimum atomic E-state index is -1.09. The highest BCUT2D eigenvalue weighted by atomic mass is 35.5. The largest absolute Gasteiger partial charge is 0.480 e. The van der Waals surface area contributed by atoms with Crippen molar-refractivity contribution < 1.29 is 14.7 Å². The van der Waals surface area contributed by atoms with Crippen LogP contribution in [0.2, 0.25) is 0 Å². The van der Waals surface area contributed by atoms with E-state index < -0.39 is 18.5 Å². The SMILES string of the molecule is O=C(O)CNC(=O)NC/C=C/Cl. The molecule has 0 radical (unpaired) electrons. The number of hydrogen-bond acceptors (Lipinski definition) is 2. The van der Waals surface area contributed by atoms with E-state index in [1.165, 1.54) is 11.6 Å². The monoisotopic (exact) mass is 192 g/mol. The molecule has 0 fully saturated rings. The molecule has 0 aliphatic rings. The van der Waals surface area contributed by atoms with Crippen LogP contribution in [-0.4, -0.2) is 30.2 Å². The second-order valence-corrected chi connectivity index (χ2v) is 2.07. The molecular formula is C6H9ClN2O3. The van der Waals surface area contributed by atoms with Gasteiger partial charge in [0.25, 0.3) is 0 Å². The lowest BCUT2D eigenvalue weighted by atomic mass is 10.6. The topological polar surface area (TPSA) is 78.4 Å². The van der Waals surface area contributed by atoms with Gasteiger partial charge in [-0.3, -0.25) is 4.79 Å². The third-order valence-corrected chi connectivity index (χ3v) is 1.05. The Hall–Kier alpha value is -1.23. The first-order valence-corrected chi connectivity index (χ1v) is 3.59. The van der Waals surface area contributed by atoms with Crippen molar-refractivity contribution in [1.82, 2.24) is 10.6 Å². The van der Waals surface area contributed by atoms with Gasteiger partial charge in [-0.25, -0.2) is 4.79 Å². The first-order valence-electron chi connectivity index (χ1n) is 3.15. The smallest absolute Gasteiger partial charge is 0.323 e. The Labute approximate surface area is 74.4 Å². The van der Waals surface area contributed by atoms with Gasteiger partial charge in [-0.15, -0.1) is 0 Å². The van der Waals surface area contributed by atoms with E-state index in [0.29, 0.717) is 0 Å². The van der Waals surface area contributed by atoms with Crippen LogP contribution >= 0.6 is 11.6 Å². The maximum atomic E-state index is 10.7. The molecule has 0 spiro atoms. The number of carbonyl (C=O) groups excluding carboxylic acids is 1. The Bertz CT molecular complexity index is 193. The van der Waals surface area contributed by atoms with Gasteiger partial charge < -0.3 is 15.7 Å². The molecule has 0 atom stereocenters. The standard InChI is InChI=1S/C6H9ClN2O3/c7-2-1-3-8-6(12)9-4-5(10)11/h1-2H,3-4H2,(H,10,11)(H2,8,9,12)/b2-1+. The zero-order valence-electron chi connectivity index (χ0n) is 6.21. The number of nitrogens with one attached hydrogen (secondary N) is 2. The van der Waals surface area contributed by atoms with E-state index in [4.69, 9.17) is 16.7 Å². The lowest BCUT2D eigenvalue weighted by molar-refractivity contribution is -0.135. The van der Waals surface area contributed by atoms with Gasteiger partial charge in [0.2, 0.25) is 0 Å². The third-order valence-electron chi connectivity index (χ3n) is 0.870. The number of carbonyl (C=O) groups is 2. The van der Waals surface area contributed by atoms with Gasteiger partial charge in [-0.05, 0) is 0 Å². The summed E-state index contributed by atoms with van der Waals surface area (Å²) in [5.41, 5.74) is 1.26. The number of aliphatic carboxylic acids is 1. The Balaban J connectivity index is 3.40. The maximum Gasteiger partial charge on any atom is 0.323 e. The summed E-state index contributed by atoms with van der Waals surface area (Å²) in [5.74, 6) is -1.09. The van der Waals surface area contributed by atoms with Crippen LogP contribution in [-0.2, 0) is 4.79 Å². The zero-order chi connectivity index (χ0) is 9.40. The maximum absolute atomic E-state index is 10.7. The molecule has 0 aromatic carbocycles. The third kappa shape index (κ3) is 6.88. The molecule has 6 heteroatoms. The van der Waals surface area contributed by atoms with Gasteiger partial charge in [0.1, 0.15) is 6.54 Å². The second-order valence-electron chi connectivity index (χ2n) is 1.82. The summed E-state index contributed by atoms with van der Waals surface area (Å²) in [5, 5.41) is 12.6. The molecule has 12 heavy (non-hydrogen) atoms. The number of urea groups is 1. The molecule has 0 aliphatic carbocycles. The summed E-state index contributed by atoms with van der Waals surface area (Å²) in [6.45, 7) is -0.120. The fourth-order valence-corrected chi connectivity index (χ4v) is 0.504. The van der Waals surface area contributed by atoms with E-state index in [-0.39, 0.29) is 6.54 Å². The normalized spacial score (nSPS) is 9.75. The number of amides is 2. The minimum Gasteiger partial charge on any atom is -0.480 e. The molecule has 0 aromatic rings. The van der Waals surface area contributed by atoms with Crippen LogP contribution < -0.4 is 10.6 Å². The van der Waals surface area contributed by atoms with Crippen LogP contribution in [0.5, 0.6) is 0 Å². The van der Waals surface area contributed by atoms with Crippen molar-refractivity contribution in [2.45, 2.75) is 0 Å². The van der Waals surface area contributed by atoms with Crippen molar-refractivity contribution in [3.63, 3.8) is 0 Å². The van der Waals surface area contributed by atoms with E-state index >= 15 is 0 Å². The van der Waals surface area contributed by atoms with Gasteiger partial charge in [0.05, 0.1) is 0 Å². The van der Waals surface area contributed by atoms with Crippen LogP contribution in [0.4, 0.5) is 4.79 Å². The van der Waals surface area contributed by atoms with Crippen molar-refractivity contribution >= 4 is 23.6 Å². The molecule has 0 aromatic heterocycles. The number of hydrogen-bond donors (Lipinski definition) is 3. The van der Waals surface area contributed by atoms with Crippen LogP contribution in [0.1, 0.15) is 0 Å². The van der Waals surface area contributed by atoms with Gasteiger partial charge in [0, 0.05) is 12.1 Å². The van der Waals surface area contributed by atoms with Gasteiger partial charge in [0.15, 0.2) is 0 Å². The molecular weight excluding hydrogens is 184 g/mol. The molecule has 5 nitrogen and oxygen atoms in total. The first kappa shape index (κ1) is 10.8. The molecule has 0 bridgehead atoms. The molecule has 3 N–H and O–H groups in total. The van der Waals surface area contributed by atoms with E-state index in [1.807, 2.05) is 0 Å². The summed E-state index contributed by atoms with van der Waals surface area (Å²) in [6.07, 6.45) is 1.52. The highest BCUT2D eigenvalue weighted by Crippen LogP contribution is 1.75. The summed E-state index contributed by atoms with van der Waals surface area (Å²) >= 11 is 5.17. The molecule has 68 valence electrons. The lowest BCUT2D eigenvalue weighted by Gasteiger charge is -2.01. The van der Waals surface area contributed by atoms with Crippen molar-refractivity contribution in [3.05, 3.63) is 11.6 Å². The number of carboxylic acid groups (broad SMARTS) is 1. The van der Waals surface area contributed by atoms with Crippen molar-refractivity contribution in [1.29, 1.82) is 0 Å². The van der Waals surface area contributed by atoms with Gasteiger partial charge in [-0.2, -0.15) is 0 Å². The highest BCUT2D eigenvalue weighted by molar-refractivity contribution is 6.25. The molecule has 0 heterocycles. The van der Waals surface area contributed by atoms with Crippen molar-refractivity contribution in [2.75, 3.05) is 13.1 Å². The summed E-state index contributed by atoms with van der Waals surface area (Å²) in [7, 11) is 0. The molecule has 2 amide bonds. The zero-order valence-corrected chi connectivity index (χ0v) is 6.97. The number of halogens is 1. The highest BCUT2D eigenvalue weighted by Gasteiger charge is 1.99. The minimum absolute atomic E-state index is 0.273. The van der Waals surface area contributed by atoms with Gasteiger partial charge >= 0.3 is 12.0 Å². The van der Waals surface area contributed by atoms with E-state index in [0.717, 1.165) is 0 Å². The Morgan fingerprint density at radius 3 is 2.58 bits per heavy atom. The summed E-state index contributed by atoms with van der Waals surface area (Å²) in [6, 6.07) is -0.535.